The van der Waals surface area contributed by atoms with Crippen molar-refractivity contribution in [2.75, 3.05) is 17.7 Å². The van der Waals surface area contributed by atoms with Crippen LogP contribution >= 0.6 is 0 Å². The standard InChI is InChI=1S/C15H22N6/c1-10(9-21-8-4-7-17-21)18-14-11(2)13(16-3)19-15(20-14)12-5-6-12/h4,7-8,10,12H,5-6,9H2,1-3H3,(H2,16,18,19,20). The van der Waals surface area contributed by atoms with Crippen LogP contribution in [-0.2, 0) is 6.54 Å². The quantitative estimate of drug-likeness (QED) is 0.853. The van der Waals surface area contributed by atoms with E-state index < -0.39 is 0 Å². The van der Waals surface area contributed by atoms with Gasteiger partial charge in [0.1, 0.15) is 17.5 Å². The van der Waals surface area contributed by atoms with Crippen molar-refractivity contribution in [1.29, 1.82) is 0 Å². The highest BCUT2D eigenvalue weighted by atomic mass is 15.3. The van der Waals surface area contributed by atoms with Crippen LogP contribution in [0.5, 0.6) is 0 Å². The summed E-state index contributed by atoms with van der Waals surface area (Å²) in [6.07, 6.45) is 6.18. The van der Waals surface area contributed by atoms with Gasteiger partial charge in [0.2, 0.25) is 0 Å². The molecule has 1 saturated carbocycles. The van der Waals surface area contributed by atoms with E-state index in [-0.39, 0.29) is 6.04 Å². The van der Waals surface area contributed by atoms with E-state index in [4.69, 9.17) is 4.98 Å². The smallest absolute Gasteiger partial charge is 0.136 e. The Hall–Kier alpha value is -2.11. The van der Waals surface area contributed by atoms with Crippen molar-refractivity contribution in [3.8, 4) is 0 Å². The fourth-order valence-corrected chi connectivity index (χ4v) is 2.41. The first-order chi connectivity index (χ1) is 10.2. The Balaban J connectivity index is 1.78. The van der Waals surface area contributed by atoms with Crippen molar-refractivity contribution in [1.82, 2.24) is 19.7 Å². The molecule has 1 atom stereocenters. The first kappa shape index (κ1) is 13.9. The van der Waals surface area contributed by atoms with Crippen molar-refractivity contribution in [3.63, 3.8) is 0 Å². The van der Waals surface area contributed by atoms with E-state index in [9.17, 15) is 0 Å². The zero-order valence-electron chi connectivity index (χ0n) is 12.8. The number of hydrogen-bond acceptors (Lipinski definition) is 5. The Morgan fingerprint density at radius 1 is 1.33 bits per heavy atom. The highest BCUT2D eigenvalue weighted by Gasteiger charge is 2.28. The molecule has 1 unspecified atom stereocenters. The Kier molecular flexibility index (Phi) is 3.77. The molecule has 2 aromatic rings. The van der Waals surface area contributed by atoms with Gasteiger partial charge in [-0.3, -0.25) is 4.68 Å². The van der Waals surface area contributed by atoms with Gasteiger partial charge in [-0.2, -0.15) is 5.10 Å². The highest BCUT2D eigenvalue weighted by Crippen LogP contribution is 2.39. The van der Waals surface area contributed by atoms with Crippen LogP contribution in [0.25, 0.3) is 0 Å². The fraction of sp³-hybridized carbons (Fsp3) is 0.533. The van der Waals surface area contributed by atoms with Crippen LogP contribution in [0.4, 0.5) is 11.6 Å². The van der Waals surface area contributed by atoms with Crippen molar-refractivity contribution in [3.05, 3.63) is 29.8 Å². The summed E-state index contributed by atoms with van der Waals surface area (Å²) in [6, 6.07) is 2.18. The van der Waals surface area contributed by atoms with Crippen LogP contribution < -0.4 is 10.6 Å². The van der Waals surface area contributed by atoms with E-state index in [1.807, 2.05) is 30.9 Å². The second kappa shape index (κ2) is 5.71. The normalized spacial score (nSPS) is 15.8. The van der Waals surface area contributed by atoms with Gasteiger partial charge in [-0.1, -0.05) is 0 Å². The summed E-state index contributed by atoms with van der Waals surface area (Å²) in [5, 5.41) is 10.9. The molecule has 0 spiro atoms. The van der Waals surface area contributed by atoms with Gasteiger partial charge < -0.3 is 10.6 Å². The van der Waals surface area contributed by atoms with Gasteiger partial charge in [0.15, 0.2) is 0 Å². The van der Waals surface area contributed by atoms with Crippen LogP contribution in [0, 0.1) is 6.92 Å². The molecule has 1 fully saturated rings. The molecule has 6 heteroatoms. The molecule has 3 rings (SSSR count). The van der Waals surface area contributed by atoms with Gasteiger partial charge in [0, 0.05) is 37.0 Å². The predicted octanol–water partition coefficient (Wildman–Crippen LogP) is 2.40. The first-order valence-electron chi connectivity index (χ1n) is 7.47. The van der Waals surface area contributed by atoms with Crippen molar-refractivity contribution in [2.24, 2.45) is 0 Å². The highest BCUT2D eigenvalue weighted by molar-refractivity contribution is 5.57. The molecule has 112 valence electrons. The molecule has 2 aromatic heterocycles. The number of nitrogens with one attached hydrogen (secondary N) is 2. The molecule has 21 heavy (non-hydrogen) atoms. The van der Waals surface area contributed by atoms with Crippen LogP contribution in [0.2, 0.25) is 0 Å². The van der Waals surface area contributed by atoms with E-state index in [1.54, 1.807) is 6.20 Å². The third-order valence-corrected chi connectivity index (χ3v) is 3.75. The molecule has 6 nitrogen and oxygen atoms in total. The van der Waals surface area contributed by atoms with Gasteiger partial charge in [-0.25, -0.2) is 9.97 Å². The van der Waals surface area contributed by atoms with Crippen molar-refractivity contribution < 1.29 is 0 Å². The lowest BCUT2D eigenvalue weighted by molar-refractivity contribution is 0.559. The first-order valence-corrected chi connectivity index (χ1v) is 7.47. The molecule has 2 N–H and O–H groups in total. The van der Waals surface area contributed by atoms with Gasteiger partial charge in [-0.05, 0) is 32.8 Å². The topological polar surface area (TPSA) is 67.7 Å². The van der Waals surface area contributed by atoms with Crippen molar-refractivity contribution in [2.45, 2.75) is 45.2 Å². The molecule has 2 heterocycles. The SMILES string of the molecule is CNc1nc(C2CC2)nc(NC(C)Cn2cccn2)c1C. The minimum absolute atomic E-state index is 0.246. The maximum Gasteiger partial charge on any atom is 0.136 e. The number of hydrogen-bond donors (Lipinski definition) is 2. The lowest BCUT2D eigenvalue weighted by Crippen LogP contribution is -2.24. The summed E-state index contributed by atoms with van der Waals surface area (Å²) < 4.78 is 1.93. The number of aromatic nitrogens is 4. The lowest BCUT2D eigenvalue weighted by Gasteiger charge is -2.18. The maximum atomic E-state index is 4.72. The van der Waals surface area contributed by atoms with E-state index in [2.05, 4.69) is 27.6 Å². The molecule has 1 aliphatic rings. The molecule has 0 radical (unpaired) electrons. The largest absolute Gasteiger partial charge is 0.373 e. The summed E-state index contributed by atoms with van der Waals surface area (Å²) in [5.74, 6) is 3.34. The molecular formula is C15H22N6. The number of anilines is 2. The molecule has 0 amide bonds. The van der Waals surface area contributed by atoms with E-state index in [0.717, 1.165) is 29.6 Å². The van der Waals surface area contributed by atoms with Crippen LogP contribution in [0.1, 0.15) is 37.1 Å². The van der Waals surface area contributed by atoms with Gasteiger partial charge in [-0.15, -0.1) is 0 Å². The third kappa shape index (κ3) is 3.15. The number of nitrogens with zero attached hydrogens (tertiary/aromatic N) is 4. The van der Waals surface area contributed by atoms with E-state index in [1.165, 1.54) is 12.8 Å². The zero-order valence-corrected chi connectivity index (χ0v) is 12.8. The monoisotopic (exact) mass is 286 g/mol. The van der Waals surface area contributed by atoms with Crippen LogP contribution in [-0.4, -0.2) is 32.8 Å². The molecule has 1 aliphatic carbocycles. The fourth-order valence-electron chi connectivity index (χ4n) is 2.41. The molecule has 0 saturated heterocycles. The maximum absolute atomic E-state index is 4.72. The zero-order chi connectivity index (χ0) is 14.8. The summed E-state index contributed by atoms with van der Waals surface area (Å²) in [4.78, 5) is 9.34. The Morgan fingerprint density at radius 3 is 2.71 bits per heavy atom. The van der Waals surface area contributed by atoms with Gasteiger partial charge in [0.25, 0.3) is 0 Å². The Labute approximate surface area is 125 Å². The summed E-state index contributed by atoms with van der Waals surface area (Å²) in [7, 11) is 1.91. The predicted molar refractivity (Wildman–Crippen MR) is 83.6 cm³/mol. The van der Waals surface area contributed by atoms with Crippen molar-refractivity contribution >= 4 is 11.6 Å². The minimum Gasteiger partial charge on any atom is -0.373 e. The average molecular weight is 286 g/mol. The molecule has 0 aliphatic heterocycles. The molecule has 0 bridgehead atoms. The second-order valence-corrected chi connectivity index (χ2v) is 5.70. The van der Waals surface area contributed by atoms with Gasteiger partial charge in [0.05, 0.1) is 6.54 Å². The second-order valence-electron chi connectivity index (χ2n) is 5.70. The third-order valence-electron chi connectivity index (χ3n) is 3.75. The summed E-state index contributed by atoms with van der Waals surface area (Å²) in [6.45, 7) is 4.99. The average Bonchev–Trinajstić information content (AvgIpc) is 3.20. The van der Waals surface area contributed by atoms with Crippen LogP contribution in [0.15, 0.2) is 18.5 Å². The number of rotatable bonds is 6. The minimum atomic E-state index is 0.246. The Morgan fingerprint density at radius 2 is 2.10 bits per heavy atom. The summed E-state index contributed by atoms with van der Waals surface area (Å²) >= 11 is 0. The summed E-state index contributed by atoms with van der Waals surface area (Å²) in [5.41, 5.74) is 1.06. The van der Waals surface area contributed by atoms with Crippen LogP contribution in [0.3, 0.4) is 0 Å². The van der Waals surface area contributed by atoms with E-state index >= 15 is 0 Å². The molecular weight excluding hydrogens is 264 g/mol. The lowest BCUT2D eigenvalue weighted by atomic mass is 10.2. The van der Waals surface area contributed by atoms with E-state index in [0.29, 0.717) is 5.92 Å². The van der Waals surface area contributed by atoms with Gasteiger partial charge >= 0.3 is 0 Å². The molecule has 0 aromatic carbocycles. The Bertz CT molecular complexity index is 603.